The van der Waals surface area contributed by atoms with Gasteiger partial charge in [-0.2, -0.15) is 0 Å². The topological polar surface area (TPSA) is 29.9 Å². The lowest BCUT2D eigenvalue weighted by molar-refractivity contribution is 0.424. The van der Waals surface area contributed by atoms with Crippen LogP contribution in [0.1, 0.15) is 26.3 Å². The summed E-state index contributed by atoms with van der Waals surface area (Å²) in [5.41, 5.74) is 2.23. The quantitative estimate of drug-likeness (QED) is 0.920. The number of hydrogen-bond donors (Lipinski definition) is 1. The molecule has 0 fully saturated rings. The van der Waals surface area contributed by atoms with Gasteiger partial charge in [0, 0.05) is 24.5 Å². The van der Waals surface area contributed by atoms with Crippen molar-refractivity contribution < 1.29 is 0 Å². The number of nitrogens with zero attached hydrogens (tertiary/aromatic N) is 2. The van der Waals surface area contributed by atoms with Crippen LogP contribution in [0.3, 0.4) is 0 Å². The van der Waals surface area contributed by atoms with Gasteiger partial charge < -0.3 is 9.88 Å². The predicted molar refractivity (Wildman–Crippen MR) is 75.2 cm³/mol. The molecule has 0 amide bonds. The van der Waals surface area contributed by atoms with Crippen LogP contribution in [0.5, 0.6) is 0 Å². The van der Waals surface area contributed by atoms with Crippen molar-refractivity contribution in [3.8, 4) is 5.69 Å². The fourth-order valence-electron chi connectivity index (χ4n) is 1.74. The van der Waals surface area contributed by atoms with Crippen molar-refractivity contribution in [2.75, 3.05) is 0 Å². The normalized spacial score (nSPS) is 11.8. The Hall–Kier alpha value is -1.32. The first kappa shape index (κ1) is 13.1. The molecule has 1 heterocycles. The van der Waals surface area contributed by atoms with Crippen molar-refractivity contribution in [1.29, 1.82) is 0 Å². The third-order valence-corrected chi connectivity index (χ3v) is 2.95. The van der Waals surface area contributed by atoms with Crippen LogP contribution in [0.4, 0.5) is 0 Å². The third kappa shape index (κ3) is 3.12. The van der Waals surface area contributed by atoms with Gasteiger partial charge in [-0.25, -0.2) is 4.98 Å². The molecule has 0 aliphatic carbocycles. The molecule has 1 aromatic heterocycles. The van der Waals surface area contributed by atoms with E-state index in [4.69, 9.17) is 11.6 Å². The molecule has 0 saturated heterocycles. The summed E-state index contributed by atoms with van der Waals surface area (Å²) in [6.07, 6.45) is 5.42. The molecule has 18 heavy (non-hydrogen) atoms. The van der Waals surface area contributed by atoms with Gasteiger partial charge in [0.15, 0.2) is 0 Å². The van der Waals surface area contributed by atoms with E-state index in [-0.39, 0.29) is 5.54 Å². The highest BCUT2D eigenvalue weighted by atomic mass is 35.5. The number of benzene rings is 1. The SMILES string of the molecule is CC(C)(C)NCc1cccc(Cl)c1-n1ccnc1. The summed E-state index contributed by atoms with van der Waals surface area (Å²) in [5.74, 6) is 0. The Morgan fingerprint density at radius 1 is 1.33 bits per heavy atom. The van der Waals surface area contributed by atoms with Crippen LogP contribution in [-0.4, -0.2) is 15.1 Å². The molecule has 2 aromatic rings. The molecule has 0 spiro atoms. The van der Waals surface area contributed by atoms with Crippen LogP contribution in [0.15, 0.2) is 36.9 Å². The molecule has 4 heteroatoms. The molecule has 1 aromatic carbocycles. The van der Waals surface area contributed by atoms with E-state index in [1.54, 1.807) is 12.5 Å². The molecular formula is C14H18ClN3. The van der Waals surface area contributed by atoms with Crippen LogP contribution >= 0.6 is 11.6 Å². The van der Waals surface area contributed by atoms with Gasteiger partial charge in [-0.3, -0.25) is 0 Å². The van der Waals surface area contributed by atoms with Gasteiger partial charge in [0.25, 0.3) is 0 Å². The molecular weight excluding hydrogens is 246 g/mol. The number of para-hydroxylation sites is 1. The van der Waals surface area contributed by atoms with Gasteiger partial charge in [0.1, 0.15) is 0 Å². The summed E-state index contributed by atoms with van der Waals surface area (Å²) in [5, 5.41) is 4.21. The van der Waals surface area contributed by atoms with Crippen molar-refractivity contribution in [3.05, 3.63) is 47.5 Å². The van der Waals surface area contributed by atoms with Crippen molar-refractivity contribution >= 4 is 11.6 Å². The van der Waals surface area contributed by atoms with E-state index in [0.717, 1.165) is 22.8 Å². The fraction of sp³-hybridized carbons (Fsp3) is 0.357. The average molecular weight is 264 g/mol. The van der Waals surface area contributed by atoms with Crippen molar-refractivity contribution in [2.45, 2.75) is 32.9 Å². The Kier molecular flexibility index (Phi) is 3.73. The number of halogens is 1. The van der Waals surface area contributed by atoms with E-state index in [1.807, 2.05) is 22.9 Å². The lowest BCUT2D eigenvalue weighted by Crippen LogP contribution is -2.35. The van der Waals surface area contributed by atoms with Gasteiger partial charge in [-0.05, 0) is 32.4 Å². The molecule has 1 N–H and O–H groups in total. The highest BCUT2D eigenvalue weighted by molar-refractivity contribution is 6.32. The Morgan fingerprint density at radius 2 is 2.11 bits per heavy atom. The molecule has 96 valence electrons. The van der Waals surface area contributed by atoms with Crippen molar-refractivity contribution in [3.63, 3.8) is 0 Å². The zero-order valence-corrected chi connectivity index (χ0v) is 11.7. The number of imidazole rings is 1. The number of hydrogen-bond acceptors (Lipinski definition) is 2. The maximum atomic E-state index is 6.29. The molecule has 2 rings (SSSR count). The zero-order valence-electron chi connectivity index (χ0n) is 10.9. The summed E-state index contributed by atoms with van der Waals surface area (Å²) >= 11 is 6.29. The first-order valence-corrected chi connectivity index (χ1v) is 6.36. The first-order chi connectivity index (χ1) is 8.47. The second-order valence-electron chi connectivity index (χ2n) is 5.32. The summed E-state index contributed by atoms with van der Waals surface area (Å²) in [4.78, 5) is 4.07. The molecule has 0 radical (unpaired) electrons. The van der Waals surface area contributed by atoms with Gasteiger partial charge in [-0.15, -0.1) is 0 Å². The van der Waals surface area contributed by atoms with Crippen LogP contribution < -0.4 is 5.32 Å². The van der Waals surface area contributed by atoms with Gasteiger partial charge >= 0.3 is 0 Å². The molecule has 0 saturated carbocycles. The second kappa shape index (κ2) is 5.12. The summed E-state index contributed by atoms with van der Waals surface area (Å²) in [6, 6.07) is 5.96. The minimum Gasteiger partial charge on any atom is -0.308 e. The largest absolute Gasteiger partial charge is 0.308 e. The number of nitrogens with one attached hydrogen (secondary N) is 1. The van der Waals surface area contributed by atoms with Crippen LogP contribution in [0.2, 0.25) is 5.02 Å². The average Bonchev–Trinajstić information content (AvgIpc) is 2.78. The molecule has 3 nitrogen and oxygen atoms in total. The predicted octanol–water partition coefficient (Wildman–Crippen LogP) is 3.41. The number of aromatic nitrogens is 2. The second-order valence-corrected chi connectivity index (χ2v) is 5.73. The van der Waals surface area contributed by atoms with E-state index in [0.29, 0.717) is 0 Å². The van der Waals surface area contributed by atoms with E-state index in [2.05, 4.69) is 37.1 Å². The van der Waals surface area contributed by atoms with Crippen molar-refractivity contribution in [1.82, 2.24) is 14.9 Å². The molecule has 0 atom stereocenters. The summed E-state index contributed by atoms with van der Waals surface area (Å²) < 4.78 is 1.95. The van der Waals surface area contributed by atoms with Gasteiger partial charge in [-0.1, -0.05) is 23.7 Å². The lowest BCUT2D eigenvalue weighted by Gasteiger charge is -2.22. The Balaban J connectivity index is 2.33. The standard InChI is InChI=1S/C14H18ClN3/c1-14(2,3)17-9-11-5-4-6-12(15)13(11)18-8-7-16-10-18/h4-8,10,17H,9H2,1-3H3. The molecule has 0 unspecified atom stereocenters. The van der Waals surface area contributed by atoms with E-state index < -0.39 is 0 Å². The minimum absolute atomic E-state index is 0.0779. The van der Waals surface area contributed by atoms with E-state index in [9.17, 15) is 0 Å². The summed E-state index contributed by atoms with van der Waals surface area (Å²) in [7, 11) is 0. The molecule has 0 aliphatic heterocycles. The maximum Gasteiger partial charge on any atom is 0.0992 e. The smallest absolute Gasteiger partial charge is 0.0992 e. The zero-order chi connectivity index (χ0) is 13.2. The monoisotopic (exact) mass is 263 g/mol. The van der Waals surface area contributed by atoms with Crippen LogP contribution in [0, 0.1) is 0 Å². The molecule has 0 aliphatic rings. The lowest BCUT2D eigenvalue weighted by atomic mass is 10.1. The van der Waals surface area contributed by atoms with Crippen molar-refractivity contribution in [2.24, 2.45) is 0 Å². The van der Waals surface area contributed by atoms with E-state index >= 15 is 0 Å². The molecule has 0 bridgehead atoms. The van der Waals surface area contributed by atoms with Gasteiger partial charge in [0.2, 0.25) is 0 Å². The fourth-order valence-corrected chi connectivity index (χ4v) is 2.04. The third-order valence-electron chi connectivity index (χ3n) is 2.64. The maximum absolute atomic E-state index is 6.29. The summed E-state index contributed by atoms with van der Waals surface area (Å²) in [6.45, 7) is 7.22. The number of rotatable bonds is 3. The minimum atomic E-state index is 0.0779. The highest BCUT2D eigenvalue weighted by Crippen LogP contribution is 2.24. The Morgan fingerprint density at radius 3 is 2.72 bits per heavy atom. The van der Waals surface area contributed by atoms with Gasteiger partial charge in [0.05, 0.1) is 17.0 Å². The highest BCUT2D eigenvalue weighted by Gasteiger charge is 2.12. The van der Waals surface area contributed by atoms with Crippen LogP contribution in [-0.2, 0) is 6.54 Å². The Labute approximate surface area is 113 Å². The Bertz CT molecular complexity index is 512. The van der Waals surface area contributed by atoms with Crippen LogP contribution in [0.25, 0.3) is 5.69 Å². The van der Waals surface area contributed by atoms with E-state index in [1.165, 1.54) is 0 Å². The first-order valence-electron chi connectivity index (χ1n) is 5.98.